The lowest BCUT2D eigenvalue weighted by Crippen LogP contribution is -1.91. The van der Waals surface area contributed by atoms with E-state index in [1.165, 1.54) is 32.1 Å². The Hall–Kier alpha value is -0.0400. The van der Waals surface area contributed by atoms with Crippen molar-refractivity contribution in [3.8, 4) is 0 Å². The van der Waals surface area contributed by atoms with E-state index in [9.17, 15) is 5.11 Å². The van der Waals surface area contributed by atoms with Gasteiger partial charge in [0.25, 0.3) is 0 Å². The van der Waals surface area contributed by atoms with E-state index in [0.29, 0.717) is 0 Å². The maximum Gasteiger partial charge on any atom is 0.0822 e. The van der Waals surface area contributed by atoms with Gasteiger partial charge in [0.1, 0.15) is 0 Å². The average molecular weight is 171 g/mol. The first-order chi connectivity index (χ1) is 5.81. The van der Waals surface area contributed by atoms with E-state index in [1.807, 2.05) is 0 Å². The van der Waals surface area contributed by atoms with Crippen LogP contribution in [0.5, 0.6) is 0 Å². The molecule has 0 N–H and O–H groups in total. The first-order valence-corrected chi connectivity index (χ1v) is 5.39. The molecule has 0 spiro atoms. The summed E-state index contributed by atoms with van der Waals surface area (Å²) < 4.78 is 0. The Morgan fingerprint density at radius 3 is 2.17 bits per heavy atom. The molecule has 1 radical (unpaired) electrons. The van der Waals surface area contributed by atoms with Gasteiger partial charge in [-0.05, 0) is 12.3 Å². The van der Waals surface area contributed by atoms with Crippen molar-refractivity contribution in [1.29, 1.82) is 0 Å². The highest BCUT2D eigenvalue weighted by Gasteiger charge is 1.97. The molecule has 1 unspecified atom stereocenters. The Kier molecular flexibility index (Phi) is 9.02. The molecule has 0 aromatic rings. The van der Waals surface area contributed by atoms with Crippen LogP contribution in [0.2, 0.25) is 0 Å². The van der Waals surface area contributed by atoms with Crippen LogP contribution in [0.15, 0.2) is 0 Å². The maximum atomic E-state index is 10.1. The topological polar surface area (TPSA) is 19.9 Å². The SMILES string of the molecule is CCC(C)CCCCCCC[O]. The lowest BCUT2D eigenvalue weighted by atomic mass is 10.0. The molecular weight excluding hydrogens is 148 g/mol. The van der Waals surface area contributed by atoms with Gasteiger partial charge in [-0.2, -0.15) is 0 Å². The summed E-state index contributed by atoms with van der Waals surface area (Å²) in [5.41, 5.74) is 0. The van der Waals surface area contributed by atoms with Crippen LogP contribution in [0.25, 0.3) is 0 Å². The van der Waals surface area contributed by atoms with E-state index in [2.05, 4.69) is 13.8 Å². The molecule has 0 rings (SSSR count). The quantitative estimate of drug-likeness (QED) is 0.495. The second-order valence-corrected chi connectivity index (χ2v) is 3.77. The summed E-state index contributed by atoms with van der Waals surface area (Å²) in [5, 5.41) is 10.1. The Morgan fingerprint density at radius 2 is 1.58 bits per heavy atom. The van der Waals surface area contributed by atoms with Crippen LogP contribution in [0.4, 0.5) is 0 Å². The molecule has 1 heteroatoms. The van der Waals surface area contributed by atoms with Gasteiger partial charge in [-0.15, -0.1) is 0 Å². The zero-order chi connectivity index (χ0) is 9.23. The van der Waals surface area contributed by atoms with Crippen LogP contribution >= 0.6 is 0 Å². The summed E-state index contributed by atoms with van der Waals surface area (Å²) in [6.07, 6.45) is 8.64. The fourth-order valence-electron chi connectivity index (χ4n) is 1.33. The van der Waals surface area contributed by atoms with Gasteiger partial charge in [-0.1, -0.05) is 52.4 Å². The summed E-state index contributed by atoms with van der Waals surface area (Å²) in [5.74, 6) is 0.893. The van der Waals surface area contributed by atoms with Crippen molar-refractivity contribution >= 4 is 0 Å². The Labute approximate surface area is 77.2 Å². The van der Waals surface area contributed by atoms with Gasteiger partial charge in [0, 0.05) is 0 Å². The monoisotopic (exact) mass is 171 g/mol. The van der Waals surface area contributed by atoms with Crippen molar-refractivity contribution in [3.05, 3.63) is 0 Å². The third kappa shape index (κ3) is 8.06. The molecule has 1 nitrogen and oxygen atoms in total. The van der Waals surface area contributed by atoms with E-state index in [-0.39, 0.29) is 6.61 Å². The average Bonchev–Trinajstić information content (AvgIpc) is 2.10. The zero-order valence-corrected chi connectivity index (χ0v) is 8.64. The molecule has 0 saturated heterocycles. The minimum Gasteiger partial charge on any atom is -0.237 e. The molecule has 0 aromatic heterocycles. The first-order valence-electron chi connectivity index (χ1n) is 5.39. The minimum atomic E-state index is 0.116. The van der Waals surface area contributed by atoms with Crippen LogP contribution in [-0.4, -0.2) is 6.61 Å². The van der Waals surface area contributed by atoms with Crippen LogP contribution in [0.3, 0.4) is 0 Å². The number of hydrogen-bond acceptors (Lipinski definition) is 0. The molecule has 0 bridgehead atoms. The molecule has 0 fully saturated rings. The zero-order valence-electron chi connectivity index (χ0n) is 8.64. The van der Waals surface area contributed by atoms with Crippen LogP contribution in [-0.2, 0) is 5.11 Å². The minimum absolute atomic E-state index is 0.116. The van der Waals surface area contributed by atoms with Crippen molar-refractivity contribution in [3.63, 3.8) is 0 Å². The summed E-state index contributed by atoms with van der Waals surface area (Å²) in [6, 6.07) is 0. The molecule has 0 aliphatic rings. The highest BCUT2D eigenvalue weighted by Crippen LogP contribution is 2.13. The fourth-order valence-corrected chi connectivity index (χ4v) is 1.33. The van der Waals surface area contributed by atoms with Gasteiger partial charge >= 0.3 is 0 Å². The van der Waals surface area contributed by atoms with Crippen LogP contribution < -0.4 is 0 Å². The van der Waals surface area contributed by atoms with Crippen molar-refractivity contribution < 1.29 is 5.11 Å². The summed E-state index contributed by atoms with van der Waals surface area (Å²) in [7, 11) is 0. The summed E-state index contributed by atoms with van der Waals surface area (Å²) >= 11 is 0. The van der Waals surface area contributed by atoms with Gasteiger partial charge < -0.3 is 0 Å². The molecule has 0 amide bonds. The van der Waals surface area contributed by atoms with E-state index in [4.69, 9.17) is 0 Å². The lowest BCUT2D eigenvalue weighted by Gasteiger charge is -2.06. The summed E-state index contributed by atoms with van der Waals surface area (Å²) in [4.78, 5) is 0. The smallest absolute Gasteiger partial charge is 0.0822 e. The highest BCUT2D eigenvalue weighted by atomic mass is 16.2. The number of unbranched alkanes of at least 4 members (excludes halogenated alkanes) is 4. The van der Waals surface area contributed by atoms with Gasteiger partial charge in [-0.25, -0.2) is 5.11 Å². The van der Waals surface area contributed by atoms with Crippen LogP contribution in [0, 0.1) is 5.92 Å². The number of hydrogen-bond donors (Lipinski definition) is 0. The van der Waals surface area contributed by atoms with Crippen molar-refractivity contribution in [2.75, 3.05) is 6.61 Å². The fraction of sp³-hybridized carbons (Fsp3) is 1.00. The van der Waals surface area contributed by atoms with E-state index in [0.717, 1.165) is 18.8 Å². The lowest BCUT2D eigenvalue weighted by molar-refractivity contribution is 0.185. The molecule has 0 aliphatic carbocycles. The normalized spacial score (nSPS) is 13.2. The third-order valence-electron chi connectivity index (χ3n) is 2.54. The molecule has 1 atom stereocenters. The summed E-state index contributed by atoms with van der Waals surface area (Å²) in [6.45, 7) is 4.69. The maximum absolute atomic E-state index is 10.1. The second kappa shape index (κ2) is 9.05. The molecule has 0 aliphatic heterocycles. The Balaban J connectivity index is 2.90. The van der Waals surface area contributed by atoms with Gasteiger partial charge in [0.05, 0.1) is 6.61 Å². The van der Waals surface area contributed by atoms with E-state index in [1.54, 1.807) is 0 Å². The van der Waals surface area contributed by atoms with Gasteiger partial charge in [0.15, 0.2) is 0 Å². The van der Waals surface area contributed by atoms with Gasteiger partial charge in [-0.3, -0.25) is 0 Å². The molecular formula is C11H23O. The Morgan fingerprint density at radius 1 is 1.00 bits per heavy atom. The first kappa shape index (κ1) is 12.0. The largest absolute Gasteiger partial charge is 0.237 e. The molecule has 0 aromatic carbocycles. The molecule has 0 saturated carbocycles. The predicted octanol–water partition coefficient (Wildman–Crippen LogP) is 3.80. The van der Waals surface area contributed by atoms with Crippen molar-refractivity contribution in [1.82, 2.24) is 0 Å². The number of rotatable bonds is 8. The third-order valence-corrected chi connectivity index (χ3v) is 2.54. The standard InChI is InChI=1S/C11H23O/c1-3-11(2)9-7-5-4-6-8-10-12/h11H,3-10H2,1-2H3. The Bertz CT molecular complexity index is 81.1. The predicted molar refractivity (Wildman–Crippen MR) is 52.7 cm³/mol. The molecule has 0 heterocycles. The van der Waals surface area contributed by atoms with Crippen LogP contribution in [0.1, 0.15) is 58.8 Å². The highest BCUT2D eigenvalue weighted by molar-refractivity contribution is 4.51. The molecule has 12 heavy (non-hydrogen) atoms. The van der Waals surface area contributed by atoms with Crippen molar-refractivity contribution in [2.24, 2.45) is 5.92 Å². The van der Waals surface area contributed by atoms with E-state index >= 15 is 0 Å². The van der Waals surface area contributed by atoms with Crippen molar-refractivity contribution in [2.45, 2.75) is 58.8 Å². The second-order valence-electron chi connectivity index (χ2n) is 3.77. The molecule has 73 valence electrons. The van der Waals surface area contributed by atoms with E-state index < -0.39 is 0 Å². The van der Waals surface area contributed by atoms with Gasteiger partial charge in [0.2, 0.25) is 0 Å².